The van der Waals surface area contributed by atoms with Gasteiger partial charge in [-0.2, -0.15) is 0 Å². The first-order valence-corrected chi connectivity index (χ1v) is 6.22. The van der Waals surface area contributed by atoms with Gasteiger partial charge in [0.2, 0.25) is 0 Å². The number of nitrogens with zero attached hydrogens (tertiary/aromatic N) is 1. The zero-order chi connectivity index (χ0) is 13.1. The molecule has 1 heterocycles. The Morgan fingerprint density at radius 2 is 2.06 bits per heavy atom. The molecule has 3 N–H and O–H groups in total. The van der Waals surface area contributed by atoms with Crippen molar-refractivity contribution in [2.24, 2.45) is 5.84 Å². The first-order valence-electron chi connectivity index (χ1n) is 5.34. The fraction of sp³-hybridized carbons (Fsp3) is 0.250. The average Bonchev–Trinajstić information content (AvgIpc) is 2.85. The summed E-state index contributed by atoms with van der Waals surface area (Å²) in [7, 11) is 3.26. The number of nitrogens with two attached hydrogens (primary N) is 1. The molecule has 5 nitrogen and oxygen atoms in total. The van der Waals surface area contributed by atoms with E-state index in [1.807, 2.05) is 24.4 Å². The summed E-state index contributed by atoms with van der Waals surface area (Å²) in [4.78, 5) is 4.39. The molecule has 2 rings (SSSR count). The summed E-state index contributed by atoms with van der Waals surface area (Å²) in [6, 6.07) is 3.80. The van der Waals surface area contributed by atoms with Gasteiger partial charge >= 0.3 is 0 Å². The van der Waals surface area contributed by atoms with E-state index in [9.17, 15) is 0 Å². The van der Waals surface area contributed by atoms with Crippen LogP contribution >= 0.6 is 11.3 Å². The molecule has 0 saturated carbocycles. The van der Waals surface area contributed by atoms with E-state index in [0.29, 0.717) is 5.13 Å². The van der Waals surface area contributed by atoms with Gasteiger partial charge in [0.15, 0.2) is 5.13 Å². The number of thiazole rings is 1. The fourth-order valence-electron chi connectivity index (χ4n) is 1.78. The summed E-state index contributed by atoms with van der Waals surface area (Å²) in [5.41, 5.74) is 5.37. The summed E-state index contributed by atoms with van der Waals surface area (Å²) in [6.07, 6.45) is 0. The van der Waals surface area contributed by atoms with Crippen molar-refractivity contribution in [3.63, 3.8) is 0 Å². The zero-order valence-corrected chi connectivity index (χ0v) is 11.3. The van der Waals surface area contributed by atoms with Crippen molar-refractivity contribution in [1.82, 2.24) is 4.98 Å². The highest BCUT2D eigenvalue weighted by Crippen LogP contribution is 2.37. The van der Waals surface area contributed by atoms with Crippen LogP contribution < -0.4 is 20.7 Å². The Balaban J connectivity index is 2.55. The number of aromatic nitrogens is 1. The third kappa shape index (κ3) is 2.25. The smallest absolute Gasteiger partial charge is 0.197 e. The minimum Gasteiger partial charge on any atom is -0.497 e. The van der Waals surface area contributed by atoms with E-state index < -0.39 is 0 Å². The Labute approximate surface area is 110 Å². The van der Waals surface area contributed by atoms with Gasteiger partial charge < -0.3 is 9.47 Å². The van der Waals surface area contributed by atoms with Crippen molar-refractivity contribution in [1.29, 1.82) is 0 Å². The van der Waals surface area contributed by atoms with Crippen LogP contribution in [0.1, 0.15) is 5.56 Å². The number of aryl methyl sites for hydroxylation is 1. The van der Waals surface area contributed by atoms with Crippen LogP contribution in [0.15, 0.2) is 17.5 Å². The second-order valence-corrected chi connectivity index (χ2v) is 4.56. The highest BCUT2D eigenvalue weighted by molar-refractivity contribution is 7.14. The molecule has 0 aliphatic carbocycles. The van der Waals surface area contributed by atoms with Gasteiger partial charge in [-0.15, -0.1) is 11.3 Å². The summed E-state index contributed by atoms with van der Waals surface area (Å²) < 4.78 is 10.6. The minimum atomic E-state index is 0.669. The molecule has 6 heteroatoms. The maximum Gasteiger partial charge on any atom is 0.197 e. The number of hydrogen-bond acceptors (Lipinski definition) is 6. The Bertz CT molecular complexity index is 554. The minimum absolute atomic E-state index is 0.669. The number of hydrazine groups is 1. The number of nitrogens with one attached hydrogen (secondary N) is 1. The van der Waals surface area contributed by atoms with Gasteiger partial charge in [-0.1, -0.05) is 0 Å². The largest absolute Gasteiger partial charge is 0.497 e. The van der Waals surface area contributed by atoms with Gasteiger partial charge in [0, 0.05) is 17.0 Å². The zero-order valence-electron chi connectivity index (χ0n) is 10.5. The lowest BCUT2D eigenvalue weighted by molar-refractivity contribution is 0.395. The quantitative estimate of drug-likeness (QED) is 0.656. The normalized spacial score (nSPS) is 10.2. The molecule has 2 aromatic rings. The molecular weight excluding hydrogens is 250 g/mol. The number of anilines is 1. The summed E-state index contributed by atoms with van der Waals surface area (Å²) in [5.74, 6) is 6.84. The average molecular weight is 265 g/mol. The van der Waals surface area contributed by atoms with Crippen LogP contribution in [-0.2, 0) is 0 Å². The lowest BCUT2D eigenvalue weighted by atomic mass is 10.0. The number of nitrogen functional groups attached to an aromatic ring is 1. The Morgan fingerprint density at radius 3 is 2.61 bits per heavy atom. The van der Waals surface area contributed by atoms with Crippen molar-refractivity contribution < 1.29 is 9.47 Å². The maximum atomic E-state index is 5.40. The van der Waals surface area contributed by atoms with Crippen molar-refractivity contribution in [3.05, 3.63) is 23.1 Å². The second-order valence-electron chi connectivity index (χ2n) is 3.70. The van der Waals surface area contributed by atoms with Gasteiger partial charge in [-0.25, -0.2) is 10.8 Å². The van der Waals surface area contributed by atoms with Crippen LogP contribution in [-0.4, -0.2) is 19.2 Å². The molecule has 18 heavy (non-hydrogen) atoms. The Morgan fingerprint density at radius 1 is 1.28 bits per heavy atom. The molecule has 0 spiro atoms. The van der Waals surface area contributed by atoms with Gasteiger partial charge in [0.1, 0.15) is 11.5 Å². The van der Waals surface area contributed by atoms with Crippen LogP contribution in [0.4, 0.5) is 5.13 Å². The molecule has 96 valence electrons. The molecule has 0 aliphatic heterocycles. The third-order valence-electron chi connectivity index (χ3n) is 2.61. The molecule has 1 aromatic heterocycles. The molecule has 0 amide bonds. The van der Waals surface area contributed by atoms with Crippen molar-refractivity contribution in [2.45, 2.75) is 6.92 Å². The molecule has 0 aliphatic rings. The predicted molar refractivity (Wildman–Crippen MR) is 73.2 cm³/mol. The number of ether oxygens (including phenoxy) is 2. The molecule has 0 unspecified atom stereocenters. The summed E-state index contributed by atoms with van der Waals surface area (Å²) in [6.45, 7) is 2.00. The van der Waals surface area contributed by atoms with Crippen LogP contribution in [0.3, 0.4) is 0 Å². The number of rotatable bonds is 4. The number of benzene rings is 1. The molecule has 0 radical (unpaired) electrons. The number of methoxy groups -OCH3 is 2. The van der Waals surface area contributed by atoms with Crippen LogP contribution in [0, 0.1) is 6.92 Å². The second kappa shape index (κ2) is 5.24. The Kier molecular flexibility index (Phi) is 3.69. The van der Waals surface area contributed by atoms with Crippen molar-refractivity contribution in [3.8, 4) is 22.8 Å². The predicted octanol–water partition coefficient (Wildman–Crippen LogP) is 2.42. The van der Waals surface area contributed by atoms with E-state index in [2.05, 4.69) is 10.4 Å². The summed E-state index contributed by atoms with van der Waals surface area (Å²) in [5, 5.41) is 2.61. The van der Waals surface area contributed by atoms with Crippen LogP contribution in [0.5, 0.6) is 11.5 Å². The first-order chi connectivity index (χ1) is 8.69. The van der Waals surface area contributed by atoms with E-state index >= 15 is 0 Å². The third-order valence-corrected chi connectivity index (χ3v) is 3.39. The Hall–Kier alpha value is -1.79. The van der Waals surface area contributed by atoms with E-state index in [1.54, 1.807) is 14.2 Å². The van der Waals surface area contributed by atoms with Gasteiger partial charge in [0.05, 0.1) is 19.9 Å². The topological polar surface area (TPSA) is 69.4 Å². The number of hydrogen-bond donors (Lipinski definition) is 2. The molecule has 0 saturated heterocycles. The van der Waals surface area contributed by atoms with E-state index in [4.69, 9.17) is 15.3 Å². The van der Waals surface area contributed by atoms with Crippen LogP contribution in [0.2, 0.25) is 0 Å². The summed E-state index contributed by atoms with van der Waals surface area (Å²) >= 11 is 1.45. The van der Waals surface area contributed by atoms with E-state index in [-0.39, 0.29) is 0 Å². The van der Waals surface area contributed by atoms with E-state index in [0.717, 1.165) is 28.3 Å². The van der Waals surface area contributed by atoms with Gasteiger partial charge in [-0.05, 0) is 18.6 Å². The van der Waals surface area contributed by atoms with Gasteiger partial charge in [-0.3, -0.25) is 5.43 Å². The molecular formula is C12H15N3O2S. The molecule has 0 atom stereocenters. The lowest BCUT2D eigenvalue weighted by Crippen LogP contribution is -2.05. The maximum absolute atomic E-state index is 5.40. The van der Waals surface area contributed by atoms with Gasteiger partial charge in [0.25, 0.3) is 0 Å². The molecule has 0 bridgehead atoms. The highest BCUT2D eigenvalue weighted by atomic mass is 32.1. The van der Waals surface area contributed by atoms with Crippen LogP contribution in [0.25, 0.3) is 11.3 Å². The van der Waals surface area contributed by atoms with E-state index in [1.165, 1.54) is 11.3 Å². The SMILES string of the molecule is COc1cc(C)c(-c2csc(NN)n2)c(OC)c1. The standard InChI is InChI=1S/C12H15N3O2S/c1-7-4-8(16-2)5-10(17-3)11(7)9-6-18-12(14-9)15-13/h4-6H,13H2,1-3H3,(H,14,15). The monoisotopic (exact) mass is 265 g/mol. The molecule has 1 aromatic carbocycles. The highest BCUT2D eigenvalue weighted by Gasteiger charge is 2.14. The van der Waals surface area contributed by atoms with Crippen molar-refractivity contribution >= 4 is 16.5 Å². The lowest BCUT2D eigenvalue weighted by Gasteiger charge is -2.12. The fourth-order valence-corrected chi connectivity index (χ4v) is 2.40. The first kappa shape index (κ1) is 12.7. The van der Waals surface area contributed by atoms with Crippen molar-refractivity contribution in [2.75, 3.05) is 19.6 Å². The molecule has 0 fully saturated rings.